The monoisotopic (exact) mass is 466 g/mol. The number of hydrogen-bond donors (Lipinski definition) is 3. The highest BCUT2D eigenvalue weighted by Crippen LogP contribution is 2.20. The van der Waals surface area contributed by atoms with Gasteiger partial charge in [-0.3, -0.25) is 19.2 Å². The zero-order chi connectivity index (χ0) is 25.1. The standard InChI is InChI=1S/C27H34N2O5/c1-18(2)16-22(27(28)34)17-24(30)23(13-15-26(32)33)29-25(31)14-10-19-8-11-21(12-9-19)20-6-4-3-5-7-20/h3-9,11-12,18,22-23H,10,13-17H2,1-2H3,(H2,28,34)(H,29,31)(H,32,33)/t22-,23+/m1/s1. The minimum atomic E-state index is -1.06. The minimum absolute atomic E-state index is 0.0289. The van der Waals surface area contributed by atoms with Gasteiger partial charge in [-0.2, -0.15) is 0 Å². The van der Waals surface area contributed by atoms with E-state index in [0.29, 0.717) is 12.8 Å². The molecule has 182 valence electrons. The maximum Gasteiger partial charge on any atom is 0.303 e. The van der Waals surface area contributed by atoms with Crippen LogP contribution in [0.15, 0.2) is 54.6 Å². The molecule has 0 radical (unpaired) electrons. The normalized spacial score (nSPS) is 12.7. The number of nitrogens with one attached hydrogen (secondary N) is 1. The van der Waals surface area contributed by atoms with Crippen molar-refractivity contribution in [1.82, 2.24) is 5.32 Å². The summed E-state index contributed by atoms with van der Waals surface area (Å²) < 4.78 is 0. The van der Waals surface area contributed by atoms with Crippen LogP contribution in [0.2, 0.25) is 0 Å². The summed E-state index contributed by atoms with van der Waals surface area (Å²) in [5, 5.41) is 11.7. The van der Waals surface area contributed by atoms with Gasteiger partial charge >= 0.3 is 5.97 Å². The van der Waals surface area contributed by atoms with E-state index in [1.807, 2.05) is 68.4 Å². The molecule has 0 spiro atoms. The molecule has 0 aliphatic heterocycles. The molecule has 0 heterocycles. The van der Waals surface area contributed by atoms with Crippen LogP contribution in [0.1, 0.15) is 51.5 Å². The second-order valence-corrected chi connectivity index (χ2v) is 9.01. The first-order valence-electron chi connectivity index (χ1n) is 11.6. The summed E-state index contributed by atoms with van der Waals surface area (Å²) in [6, 6.07) is 16.9. The number of ketones is 1. The molecule has 0 aliphatic carbocycles. The first kappa shape index (κ1) is 26.8. The Balaban J connectivity index is 1.96. The average Bonchev–Trinajstić information content (AvgIpc) is 2.80. The fourth-order valence-electron chi connectivity index (χ4n) is 3.85. The van der Waals surface area contributed by atoms with Crippen LogP contribution in [-0.2, 0) is 25.6 Å². The predicted molar refractivity (Wildman–Crippen MR) is 131 cm³/mol. The fraction of sp³-hybridized carbons (Fsp3) is 0.407. The molecule has 0 fully saturated rings. The largest absolute Gasteiger partial charge is 0.481 e. The number of benzene rings is 2. The quantitative estimate of drug-likeness (QED) is 0.391. The fourth-order valence-corrected chi connectivity index (χ4v) is 3.85. The third-order valence-electron chi connectivity index (χ3n) is 5.68. The number of amides is 2. The zero-order valence-electron chi connectivity index (χ0n) is 19.8. The highest BCUT2D eigenvalue weighted by atomic mass is 16.4. The number of hydrogen-bond acceptors (Lipinski definition) is 4. The van der Waals surface area contributed by atoms with Gasteiger partial charge in [-0.25, -0.2) is 0 Å². The summed E-state index contributed by atoms with van der Waals surface area (Å²) in [7, 11) is 0. The van der Waals surface area contributed by atoms with E-state index in [-0.39, 0.29) is 43.3 Å². The number of carbonyl (C=O) groups excluding carboxylic acids is 3. The Bertz CT molecular complexity index is 970. The molecule has 7 nitrogen and oxygen atoms in total. The highest BCUT2D eigenvalue weighted by Gasteiger charge is 2.27. The number of primary amides is 1. The molecule has 0 unspecified atom stereocenters. The first-order valence-corrected chi connectivity index (χ1v) is 11.6. The van der Waals surface area contributed by atoms with Gasteiger partial charge in [0, 0.05) is 25.2 Å². The molecule has 2 amide bonds. The summed E-state index contributed by atoms with van der Waals surface area (Å²) >= 11 is 0. The Kier molecular flexibility index (Phi) is 10.5. The molecule has 0 saturated heterocycles. The Morgan fingerprint density at radius 1 is 0.912 bits per heavy atom. The second kappa shape index (κ2) is 13.3. The van der Waals surface area contributed by atoms with E-state index < -0.39 is 23.8 Å². The van der Waals surface area contributed by atoms with Crippen molar-refractivity contribution in [3.8, 4) is 11.1 Å². The molecular formula is C27H34N2O5. The number of aryl methyl sites for hydroxylation is 1. The summed E-state index contributed by atoms with van der Waals surface area (Å²) in [5.74, 6) is -2.80. The van der Waals surface area contributed by atoms with E-state index in [0.717, 1.165) is 16.7 Å². The van der Waals surface area contributed by atoms with E-state index in [1.54, 1.807) is 0 Å². The number of carboxylic acid groups (broad SMARTS) is 1. The van der Waals surface area contributed by atoms with Crippen LogP contribution in [0.4, 0.5) is 0 Å². The van der Waals surface area contributed by atoms with Crippen molar-refractivity contribution in [2.45, 2.75) is 58.4 Å². The van der Waals surface area contributed by atoms with Crippen molar-refractivity contribution in [3.63, 3.8) is 0 Å². The van der Waals surface area contributed by atoms with Crippen LogP contribution in [0.3, 0.4) is 0 Å². The molecule has 4 N–H and O–H groups in total. The molecule has 0 bridgehead atoms. The third kappa shape index (κ3) is 9.17. The second-order valence-electron chi connectivity index (χ2n) is 9.01. The Morgan fingerprint density at radius 2 is 1.53 bits per heavy atom. The summed E-state index contributed by atoms with van der Waals surface area (Å²) in [6.45, 7) is 3.85. The SMILES string of the molecule is CC(C)C[C@H](CC(=O)[C@H](CCC(=O)O)NC(=O)CCc1ccc(-c2ccccc2)cc1)C(N)=O. The molecular weight excluding hydrogens is 432 g/mol. The van der Waals surface area contributed by atoms with Gasteiger partial charge in [-0.05, 0) is 41.9 Å². The topological polar surface area (TPSA) is 127 Å². The zero-order valence-corrected chi connectivity index (χ0v) is 19.8. The number of carbonyl (C=O) groups is 4. The number of aliphatic carboxylic acids is 1. The lowest BCUT2D eigenvalue weighted by atomic mass is 9.89. The van der Waals surface area contributed by atoms with E-state index in [4.69, 9.17) is 10.8 Å². The van der Waals surface area contributed by atoms with Gasteiger partial charge in [0.2, 0.25) is 11.8 Å². The number of carboxylic acids is 1. The van der Waals surface area contributed by atoms with Crippen molar-refractivity contribution in [2.75, 3.05) is 0 Å². The molecule has 0 saturated carbocycles. The molecule has 0 aromatic heterocycles. The van der Waals surface area contributed by atoms with Crippen LogP contribution in [0.25, 0.3) is 11.1 Å². The maximum absolute atomic E-state index is 12.8. The number of rotatable bonds is 14. The van der Waals surface area contributed by atoms with Gasteiger partial charge in [0.05, 0.1) is 6.04 Å². The van der Waals surface area contributed by atoms with Gasteiger partial charge in [-0.1, -0.05) is 68.4 Å². The molecule has 2 atom stereocenters. The van der Waals surface area contributed by atoms with Crippen LogP contribution >= 0.6 is 0 Å². The minimum Gasteiger partial charge on any atom is -0.481 e. The molecule has 2 aromatic rings. The van der Waals surface area contributed by atoms with E-state index in [2.05, 4.69) is 5.32 Å². The van der Waals surface area contributed by atoms with Crippen molar-refractivity contribution >= 4 is 23.6 Å². The van der Waals surface area contributed by atoms with Gasteiger partial charge in [0.1, 0.15) is 0 Å². The van der Waals surface area contributed by atoms with Gasteiger partial charge in [0.25, 0.3) is 0 Å². The Hall–Kier alpha value is -3.48. The van der Waals surface area contributed by atoms with Gasteiger partial charge in [-0.15, -0.1) is 0 Å². The third-order valence-corrected chi connectivity index (χ3v) is 5.68. The molecule has 34 heavy (non-hydrogen) atoms. The van der Waals surface area contributed by atoms with E-state index in [1.165, 1.54) is 0 Å². The lowest BCUT2D eigenvalue weighted by Crippen LogP contribution is -2.43. The Morgan fingerprint density at radius 3 is 2.09 bits per heavy atom. The molecule has 2 rings (SSSR count). The van der Waals surface area contributed by atoms with Crippen molar-refractivity contribution in [2.24, 2.45) is 17.6 Å². The van der Waals surface area contributed by atoms with Crippen molar-refractivity contribution in [3.05, 3.63) is 60.2 Å². The van der Waals surface area contributed by atoms with Crippen molar-refractivity contribution < 1.29 is 24.3 Å². The summed E-state index contributed by atoms with van der Waals surface area (Å²) in [6.07, 6.45) is 0.700. The van der Waals surface area contributed by atoms with Crippen LogP contribution < -0.4 is 11.1 Å². The lowest BCUT2D eigenvalue weighted by molar-refractivity contribution is -0.138. The van der Waals surface area contributed by atoms with Crippen molar-refractivity contribution in [1.29, 1.82) is 0 Å². The van der Waals surface area contributed by atoms with Crippen LogP contribution in [0, 0.1) is 11.8 Å². The molecule has 2 aromatic carbocycles. The smallest absolute Gasteiger partial charge is 0.303 e. The first-order chi connectivity index (χ1) is 16.2. The summed E-state index contributed by atoms with van der Waals surface area (Å²) in [5.41, 5.74) is 8.62. The Labute approximate surface area is 200 Å². The molecule has 0 aliphatic rings. The van der Waals surface area contributed by atoms with Gasteiger partial charge in [0.15, 0.2) is 5.78 Å². The highest BCUT2D eigenvalue weighted by molar-refractivity contribution is 5.92. The molecule has 7 heteroatoms. The van der Waals surface area contributed by atoms with Gasteiger partial charge < -0.3 is 16.2 Å². The van der Waals surface area contributed by atoms with Crippen LogP contribution in [0.5, 0.6) is 0 Å². The van der Waals surface area contributed by atoms with E-state index >= 15 is 0 Å². The number of Topliss-reactive ketones (excluding diaryl/α,β-unsaturated/α-hetero) is 1. The maximum atomic E-state index is 12.8. The van der Waals surface area contributed by atoms with E-state index in [9.17, 15) is 19.2 Å². The number of nitrogens with two attached hydrogens (primary N) is 1. The predicted octanol–water partition coefficient (Wildman–Crippen LogP) is 3.74. The summed E-state index contributed by atoms with van der Waals surface area (Å²) in [4.78, 5) is 48.2. The average molecular weight is 467 g/mol. The lowest BCUT2D eigenvalue weighted by Gasteiger charge is -2.21. The van der Waals surface area contributed by atoms with Crippen LogP contribution in [-0.4, -0.2) is 34.7 Å².